The first-order valence-electron chi connectivity index (χ1n) is 11.9. The van der Waals surface area contributed by atoms with Gasteiger partial charge in [-0.05, 0) is 85.3 Å². The molecule has 2 unspecified atom stereocenters. The summed E-state index contributed by atoms with van der Waals surface area (Å²) >= 11 is 1.66. The second-order valence-electron chi connectivity index (χ2n) is 9.20. The molecule has 36 heavy (non-hydrogen) atoms. The molecular weight excluding hydrogens is 470 g/mol. The molecule has 0 spiro atoms. The molecule has 7 nitrogen and oxygen atoms in total. The van der Waals surface area contributed by atoms with Crippen LogP contribution in [0.3, 0.4) is 0 Å². The number of nitrogens with two attached hydrogens (primary N) is 1. The maximum atomic E-state index is 12.6. The van der Waals surface area contributed by atoms with Crippen LogP contribution in [-0.2, 0) is 14.9 Å². The second-order valence-corrected chi connectivity index (χ2v) is 10.3. The van der Waals surface area contributed by atoms with Crippen LogP contribution in [-0.4, -0.2) is 38.2 Å². The molecule has 1 saturated heterocycles. The highest BCUT2D eigenvalue weighted by Crippen LogP contribution is 2.40. The molecule has 0 aliphatic carbocycles. The van der Waals surface area contributed by atoms with Gasteiger partial charge in [0.2, 0.25) is 5.91 Å². The van der Waals surface area contributed by atoms with Crippen LogP contribution in [0.5, 0.6) is 0 Å². The number of amides is 1. The molecule has 4 heterocycles. The summed E-state index contributed by atoms with van der Waals surface area (Å²) < 4.78 is 7.74. The number of benzene rings is 2. The van der Waals surface area contributed by atoms with Crippen LogP contribution >= 0.6 is 11.8 Å². The second kappa shape index (κ2) is 9.04. The number of primary amides is 1. The molecule has 1 aliphatic rings. The average molecular weight is 496 g/mol. The van der Waals surface area contributed by atoms with Gasteiger partial charge in [0.05, 0.1) is 17.0 Å². The molecule has 180 valence electrons. The summed E-state index contributed by atoms with van der Waals surface area (Å²) in [4.78, 5) is 19.2. The third-order valence-electron chi connectivity index (χ3n) is 6.90. The van der Waals surface area contributed by atoms with E-state index < -0.39 is 5.41 Å². The minimum absolute atomic E-state index is 0.00599. The van der Waals surface area contributed by atoms with Crippen molar-refractivity contribution < 1.29 is 9.53 Å². The summed E-state index contributed by atoms with van der Waals surface area (Å²) in [6.45, 7) is 2.53. The van der Waals surface area contributed by atoms with Crippen LogP contribution in [0, 0.1) is 0 Å². The molecule has 2 N–H and O–H groups in total. The fourth-order valence-corrected chi connectivity index (χ4v) is 6.03. The quantitative estimate of drug-likeness (QED) is 0.368. The van der Waals surface area contributed by atoms with Gasteiger partial charge < -0.3 is 10.5 Å². The van der Waals surface area contributed by atoms with Crippen molar-refractivity contribution in [3.8, 4) is 11.5 Å². The third kappa shape index (κ3) is 3.92. The molecule has 1 fully saturated rings. The molecule has 6 rings (SSSR count). The van der Waals surface area contributed by atoms with Gasteiger partial charge in [-0.25, -0.2) is 0 Å². The van der Waals surface area contributed by atoms with E-state index >= 15 is 0 Å². The Bertz CT molecular complexity index is 1590. The summed E-state index contributed by atoms with van der Waals surface area (Å²) in [6.07, 6.45) is 2.95. The lowest BCUT2D eigenvalue weighted by molar-refractivity contribution is -0.129. The van der Waals surface area contributed by atoms with Crippen LogP contribution in [0.4, 0.5) is 0 Å². The zero-order valence-corrected chi connectivity index (χ0v) is 20.6. The van der Waals surface area contributed by atoms with Crippen molar-refractivity contribution in [3.63, 3.8) is 0 Å². The number of rotatable bonds is 5. The van der Waals surface area contributed by atoms with Gasteiger partial charge in [-0.2, -0.15) is 0 Å². The first kappa shape index (κ1) is 22.7. The molecule has 3 aromatic heterocycles. The van der Waals surface area contributed by atoms with Crippen molar-refractivity contribution >= 4 is 34.2 Å². The van der Waals surface area contributed by atoms with Crippen LogP contribution in [0.1, 0.15) is 25.3 Å². The first-order valence-corrected chi connectivity index (χ1v) is 12.7. The molecular formula is C28H25N5O2S. The number of nitrogens with zero attached hydrogens (tertiary/aromatic N) is 4. The number of hydrogen-bond acceptors (Lipinski definition) is 6. The summed E-state index contributed by atoms with van der Waals surface area (Å²) in [7, 11) is 0. The summed E-state index contributed by atoms with van der Waals surface area (Å²) in [6, 6.07) is 24.3. The van der Waals surface area contributed by atoms with Crippen molar-refractivity contribution in [1.29, 1.82) is 0 Å². The van der Waals surface area contributed by atoms with Crippen molar-refractivity contribution in [2.24, 2.45) is 5.73 Å². The highest BCUT2D eigenvalue weighted by Gasteiger charge is 2.42. The van der Waals surface area contributed by atoms with Gasteiger partial charge in [-0.1, -0.05) is 30.0 Å². The fraction of sp³-hybridized carbons (Fsp3) is 0.214. The number of carbonyl (C=O) groups is 1. The van der Waals surface area contributed by atoms with E-state index in [2.05, 4.69) is 51.6 Å². The highest BCUT2D eigenvalue weighted by molar-refractivity contribution is 7.99. The van der Waals surface area contributed by atoms with E-state index in [0.29, 0.717) is 25.3 Å². The van der Waals surface area contributed by atoms with E-state index in [4.69, 9.17) is 10.5 Å². The van der Waals surface area contributed by atoms with Crippen LogP contribution < -0.4 is 5.73 Å². The molecule has 0 bridgehead atoms. The minimum atomic E-state index is -0.695. The van der Waals surface area contributed by atoms with E-state index in [1.807, 2.05) is 47.7 Å². The lowest BCUT2D eigenvalue weighted by Gasteiger charge is -2.38. The third-order valence-corrected chi connectivity index (χ3v) is 7.87. The van der Waals surface area contributed by atoms with Crippen LogP contribution in [0.2, 0.25) is 0 Å². The van der Waals surface area contributed by atoms with Crippen molar-refractivity contribution in [2.45, 2.75) is 41.1 Å². The Balaban J connectivity index is 1.36. The van der Waals surface area contributed by atoms with E-state index in [1.165, 1.54) is 0 Å². The van der Waals surface area contributed by atoms with Gasteiger partial charge in [0, 0.05) is 22.6 Å². The number of fused-ring (bicyclic) bond motifs is 3. The Morgan fingerprint density at radius 3 is 2.75 bits per heavy atom. The molecule has 2 aromatic carbocycles. The smallest absolute Gasteiger partial charge is 0.228 e. The lowest BCUT2D eigenvalue weighted by atomic mass is 9.72. The zero-order chi connectivity index (χ0) is 24.7. The summed E-state index contributed by atoms with van der Waals surface area (Å²) in [5, 5.41) is 9.80. The van der Waals surface area contributed by atoms with Crippen molar-refractivity contribution in [3.05, 3.63) is 84.6 Å². The average Bonchev–Trinajstić information content (AvgIpc) is 3.34. The van der Waals surface area contributed by atoms with Crippen LogP contribution in [0.25, 0.3) is 28.1 Å². The summed E-state index contributed by atoms with van der Waals surface area (Å²) in [5.74, 6) is 0.430. The Kier molecular flexibility index (Phi) is 5.70. The topological polar surface area (TPSA) is 95.4 Å². The molecule has 5 aromatic rings. The van der Waals surface area contributed by atoms with Gasteiger partial charge >= 0.3 is 0 Å². The molecule has 0 saturated carbocycles. The van der Waals surface area contributed by atoms with Gasteiger partial charge in [0.15, 0.2) is 11.5 Å². The molecule has 1 amide bonds. The van der Waals surface area contributed by atoms with Gasteiger partial charge in [-0.3, -0.25) is 14.2 Å². The monoisotopic (exact) mass is 495 g/mol. The molecule has 0 radical (unpaired) electrons. The standard InChI is InChI=1S/C28H25N5O2S/c1-18-17-28(27(29)34,12-14-35-18)20-5-4-6-21(16-20)36-22-9-10-24-19(15-22)8-11-25-31-32-26(33(24)25)23-7-2-3-13-30-23/h2-11,13,15-16,18H,12,14,17H2,1H3,(H2,29,34). The Morgan fingerprint density at radius 2 is 1.94 bits per heavy atom. The minimum Gasteiger partial charge on any atom is -0.378 e. The Hall–Kier alpha value is -3.75. The lowest BCUT2D eigenvalue weighted by Crippen LogP contribution is -2.47. The maximum absolute atomic E-state index is 12.6. The fourth-order valence-electron chi connectivity index (χ4n) is 5.11. The zero-order valence-electron chi connectivity index (χ0n) is 19.8. The Labute approximate surface area is 212 Å². The largest absolute Gasteiger partial charge is 0.378 e. The number of aromatic nitrogens is 4. The van der Waals surface area contributed by atoms with E-state index in [0.717, 1.165) is 37.6 Å². The van der Waals surface area contributed by atoms with Crippen LogP contribution in [0.15, 0.2) is 88.8 Å². The van der Waals surface area contributed by atoms with Gasteiger partial charge in [-0.15, -0.1) is 10.2 Å². The van der Waals surface area contributed by atoms with Crippen molar-refractivity contribution in [1.82, 2.24) is 19.6 Å². The van der Waals surface area contributed by atoms with E-state index in [1.54, 1.807) is 18.0 Å². The van der Waals surface area contributed by atoms with Gasteiger partial charge in [0.25, 0.3) is 0 Å². The number of hydrogen-bond donors (Lipinski definition) is 1. The SMILES string of the molecule is CC1CC(C(N)=O)(c2cccc(Sc3ccc4c(ccc5nnc(-c6ccccn6)n54)c3)c2)CCO1. The predicted octanol–water partition coefficient (Wildman–Crippen LogP) is 5.02. The number of carbonyl (C=O) groups excluding carboxylic acids is 1. The van der Waals surface area contributed by atoms with Crippen molar-refractivity contribution in [2.75, 3.05) is 6.61 Å². The number of pyridine rings is 2. The molecule has 1 aliphatic heterocycles. The predicted molar refractivity (Wildman–Crippen MR) is 140 cm³/mol. The molecule has 8 heteroatoms. The first-order chi connectivity index (χ1) is 17.5. The van der Waals surface area contributed by atoms with Gasteiger partial charge in [0.1, 0.15) is 5.69 Å². The maximum Gasteiger partial charge on any atom is 0.228 e. The van der Waals surface area contributed by atoms with E-state index in [9.17, 15) is 4.79 Å². The highest BCUT2D eigenvalue weighted by atomic mass is 32.2. The Morgan fingerprint density at radius 1 is 1.06 bits per heavy atom. The van der Waals surface area contributed by atoms with E-state index in [-0.39, 0.29) is 12.0 Å². The number of ether oxygens (including phenoxy) is 1. The molecule has 2 atom stereocenters. The normalized spacial score (nSPS) is 20.1. The summed E-state index contributed by atoms with van der Waals surface area (Å²) in [5.41, 5.74) is 8.77.